The number of rotatable bonds is 1. The lowest BCUT2D eigenvalue weighted by Crippen LogP contribution is -1.83. The maximum Gasteiger partial charge on any atom is 0.141 e. The van der Waals surface area contributed by atoms with E-state index in [-0.39, 0.29) is 5.82 Å². The zero-order valence-electron chi connectivity index (χ0n) is 6.99. The Labute approximate surface area is 74.2 Å². The molecule has 0 N–H and O–H groups in total. The lowest BCUT2D eigenvalue weighted by molar-refractivity contribution is 0.399. The summed E-state index contributed by atoms with van der Waals surface area (Å²) in [6.07, 6.45) is 1.15. The number of nitrogens with zero attached hydrogens (tertiary/aromatic N) is 2. The third-order valence-electron chi connectivity index (χ3n) is 1.62. The van der Waals surface area contributed by atoms with E-state index in [1.54, 1.807) is 19.1 Å². The van der Waals surface area contributed by atoms with Crippen molar-refractivity contribution < 1.29 is 8.91 Å². The van der Waals surface area contributed by atoms with Crippen LogP contribution in [-0.4, -0.2) is 10.1 Å². The highest BCUT2D eigenvalue weighted by Crippen LogP contribution is 2.15. The molecule has 2 aromatic rings. The fourth-order valence-electron chi connectivity index (χ4n) is 1.01. The minimum Gasteiger partial charge on any atom is -0.361 e. The van der Waals surface area contributed by atoms with Crippen LogP contribution in [-0.2, 0) is 0 Å². The van der Waals surface area contributed by atoms with Crippen molar-refractivity contribution in [2.24, 2.45) is 0 Å². The molecule has 0 radical (unpaired) electrons. The lowest BCUT2D eigenvalue weighted by atomic mass is 10.2. The Kier molecular flexibility index (Phi) is 1.81. The zero-order chi connectivity index (χ0) is 9.26. The van der Waals surface area contributed by atoms with Crippen molar-refractivity contribution >= 4 is 0 Å². The van der Waals surface area contributed by atoms with E-state index in [4.69, 9.17) is 4.52 Å². The van der Waals surface area contributed by atoms with Crippen LogP contribution in [0.3, 0.4) is 0 Å². The summed E-state index contributed by atoms with van der Waals surface area (Å²) in [5.74, 6) is 0.352. The third-order valence-corrected chi connectivity index (χ3v) is 1.62. The standard InChI is InChI=1S/C9H7FN2O/c1-6-4-9(12-13-6)8-3-2-7(10)5-11-8/h2-5H,1H3. The van der Waals surface area contributed by atoms with Crippen LogP contribution in [0.4, 0.5) is 4.39 Å². The summed E-state index contributed by atoms with van der Waals surface area (Å²) in [7, 11) is 0. The summed E-state index contributed by atoms with van der Waals surface area (Å²) in [5, 5.41) is 3.76. The quantitative estimate of drug-likeness (QED) is 0.671. The predicted octanol–water partition coefficient (Wildman–Crippen LogP) is 2.18. The summed E-state index contributed by atoms with van der Waals surface area (Å²) in [6, 6.07) is 4.65. The van der Waals surface area contributed by atoms with E-state index in [2.05, 4.69) is 10.1 Å². The largest absolute Gasteiger partial charge is 0.361 e. The van der Waals surface area contributed by atoms with Crippen LogP contribution >= 0.6 is 0 Å². The smallest absolute Gasteiger partial charge is 0.141 e. The second kappa shape index (κ2) is 2.97. The lowest BCUT2D eigenvalue weighted by Gasteiger charge is -1.92. The highest BCUT2D eigenvalue weighted by molar-refractivity contribution is 5.52. The van der Waals surface area contributed by atoms with Crippen LogP contribution in [0.5, 0.6) is 0 Å². The Hall–Kier alpha value is -1.71. The van der Waals surface area contributed by atoms with Gasteiger partial charge in [0, 0.05) is 6.07 Å². The minimum absolute atomic E-state index is 0.357. The van der Waals surface area contributed by atoms with Gasteiger partial charge in [-0.25, -0.2) is 4.39 Å². The molecule has 0 bridgehead atoms. The summed E-state index contributed by atoms with van der Waals surface area (Å²) < 4.78 is 17.4. The molecule has 0 atom stereocenters. The van der Waals surface area contributed by atoms with E-state index >= 15 is 0 Å². The van der Waals surface area contributed by atoms with Gasteiger partial charge in [0.15, 0.2) is 0 Å². The maximum absolute atomic E-state index is 12.5. The van der Waals surface area contributed by atoms with Crippen LogP contribution in [0.25, 0.3) is 11.4 Å². The van der Waals surface area contributed by atoms with Gasteiger partial charge in [-0.05, 0) is 19.1 Å². The van der Waals surface area contributed by atoms with Crippen molar-refractivity contribution in [1.82, 2.24) is 10.1 Å². The molecule has 13 heavy (non-hydrogen) atoms. The molecule has 2 rings (SSSR count). The van der Waals surface area contributed by atoms with Crippen molar-refractivity contribution in [1.29, 1.82) is 0 Å². The average molecular weight is 178 g/mol. The third kappa shape index (κ3) is 1.56. The number of halogens is 1. The van der Waals surface area contributed by atoms with E-state index in [1.165, 1.54) is 6.07 Å². The number of aromatic nitrogens is 2. The van der Waals surface area contributed by atoms with Crippen LogP contribution in [0.15, 0.2) is 28.9 Å². The molecule has 66 valence electrons. The Morgan fingerprint density at radius 3 is 2.69 bits per heavy atom. The van der Waals surface area contributed by atoms with Crippen molar-refractivity contribution in [2.45, 2.75) is 6.92 Å². The fraction of sp³-hybridized carbons (Fsp3) is 0.111. The molecule has 0 spiro atoms. The van der Waals surface area contributed by atoms with Crippen LogP contribution < -0.4 is 0 Å². The monoisotopic (exact) mass is 178 g/mol. The minimum atomic E-state index is -0.357. The first-order valence-electron chi connectivity index (χ1n) is 3.81. The van der Waals surface area contributed by atoms with Gasteiger partial charge < -0.3 is 4.52 Å². The van der Waals surface area contributed by atoms with Crippen LogP contribution in [0, 0.1) is 12.7 Å². The van der Waals surface area contributed by atoms with Gasteiger partial charge in [-0.3, -0.25) is 4.98 Å². The SMILES string of the molecule is Cc1cc(-c2ccc(F)cn2)no1. The predicted molar refractivity (Wildman–Crippen MR) is 44.4 cm³/mol. The van der Waals surface area contributed by atoms with Gasteiger partial charge in [0.1, 0.15) is 17.3 Å². The molecule has 0 aliphatic heterocycles. The molecule has 0 aromatic carbocycles. The molecule has 0 aliphatic rings. The molecule has 0 saturated heterocycles. The molecule has 3 nitrogen and oxygen atoms in total. The van der Waals surface area contributed by atoms with E-state index in [1.807, 2.05) is 0 Å². The zero-order valence-corrected chi connectivity index (χ0v) is 6.99. The van der Waals surface area contributed by atoms with E-state index < -0.39 is 0 Å². The molecule has 0 saturated carbocycles. The highest BCUT2D eigenvalue weighted by atomic mass is 19.1. The van der Waals surface area contributed by atoms with Gasteiger partial charge in [-0.1, -0.05) is 5.16 Å². The molecule has 0 amide bonds. The summed E-state index contributed by atoms with van der Waals surface area (Å²) in [5.41, 5.74) is 1.23. The number of pyridine rings is 1. The van der Waals surface area contributed by atoms with Crippen molar-refractivity contribution in [3.05, 3.63) is 36.0 Å². The van der Waals surface area contributed by atoms with E-state index in [9.17, 15) is 4.39 Å². The second-order valence-electron chi connectivity index (χ2n) is 2.68. The van der Waals surface area contributed by atoms with Gasteiger partial charge in [0.25, 0.3) is 0 Å². The topological polar surface area (TPSA) is 38.9 Å². The molecule has 4 heteroatoms. The van der Waals surface area contributed by atoms with Crippen molar-refractivity contribution in [2.75, 3.05) is 0 Å². The first-order chi connectivity index (χ1) is 6.25. The molecule has 2 aromatic heterocycles. The van der Waals surface area contributed by atoms with E-state index in [0.717, 1.165) is 6.20 Å². The number of aryl methyl sites for hydroxylation is 1. The maximum atomic E-state index is 12.5. The number of hydrogen-bond donors (Lipinski definition) is 0. The Morgan fingerprint density at radius 2 is 2.15 bits per heavy atom. The Balaban J connectivity index is 2.41. The van der Waals surface area contributed by atoms with Crippen LogP contribution in [0.1, 0.15) is 5.76 Å². The van der Waals surface area contributed by atoms with E-state index in [0.29, 0.717) is 17.1 Å². The fourth-order valence-corrected chi connectivity index (χ4v) is 1.01. The van der Waals surface area contributed by atoms with Gasteiger partial charge in [0.2, 0.25) is 0 Å². The summed E-state index contributed by atoms with van der Waals surface area (Å²) in [6.45, 7) is 1.79. The first-order valence-corrected chi connectivity index (χ1v) is 3.81. The summed E-state index contributed by atoms with van der Waals surface area (Å²) >= 11 is 0. The van der Waals surface area contributed by atoms with Gasteiger partial charge in [0.05, 0.1) is 11.9 Å². The van der Waals surface area contributed by atoms with Gasteiger partial charge in [-0.2, -0.15) is 0 Å². The molecule has 0 fully saturated rings. The molecular formula is C9H7FN2O. The molecular weight excluding hydrogens is 171 g/mol. The van der Waals surface area contributed by atoms with Crippen LogP contribution in [0.2, 0.25) is 0 Å². The molecule has 0 aliphatic carbocycles. The molecule has 0 unspecified atom stereocenters. The Bertz CT molecular complexity index is 408. The van der Waals surface area contributed by atoms with Gasteiger partial charge in [-0.15, -0.1) is 0 Å². The Morgan fingerprint density at radius 1 is 1.31 bits per heavy atom. The van der Waals surface area contributed by atoms with Gasteiger partial charge >= 0.3 is 0 Å². The average Bonchev–Trinajstić information content (AvgIpc) is 2.53. The summed E-state index contributed by atoms with van der Waals surface area (Å²) in [4.78, 5) is 3.86. The number of hydrogen-bond acceptors (Lipinski definition) is 3. The molecule has 2 heterocycles. The first kappa shape index (κ1) is 7.91. The van der Waals surface area contributed by atoms with Crippen molar-refractivity contribution in [3.63, 3.8) is 0 Å². The highest BCUT2D eigenvalue weighted by Gasteiger charge is 2.04. The van der Waals surface area contributed by atoms with Crippen molar-refractivity contribution in [3.8, 4) is 11.4 Å². The second-order valence-corrected chi connectivity index (χ2v) is 2.68. The normalized spacial score (nSPS) is 10.3.